The molecule has 5 heteroatoms. The van der Waals surface area contributed by atoms with Gasteiger partial charge in [0.2, 0.25) is 0 Å². The summed E-state index contributed by atoms with van der Waals surface area (Å²) in [6, 6.07) is 5.19. The van der Waals surface area contributed by atoms with Crippen LogP contribution in [0.4, 0.5) is 5.69 Å². The second kappa shape index (κ2) is 3.94. The van der Waals surface area contributed by atoms with Gasteiger partial charge in [0.05, 0.1) is 15.7 Å². The second-order valence-corrected chi connectivity index (χ2v) is 3.32. The predicted octanol–water partition coefficient (Wildman–Crippen LogP) is 2.65. The van der Waals surface area contributed by atoms with Gasteiger partial charge in [0.1, 0.15) is 0 Å². The molecule has 0 fully saturated rings. The number of rotatable bonds is 1. The van der Waals surface area contributed by atoms with Gasteiger partial charge in [-0.15, -0.1) is 0 Å². The van der Waals surface area contributed by atoms with Crippen LogP contribution in [0, 0.1) is 0 Å². The van der Waals surface area contributed by atoms with Crippen LogP contribution < -0.4 is 11.1 Å². The van der Waals surface area contributed by atoms with E-state index in [1.807, 2.05) is 0 Å². The Labute approximate surface area is 85.7 Å². The van der Waals surface area contributed by atoms with E-state index in [4.69, 9.17) is 28.9 Å². The lowest BCUT2D eigenvalue weighted by Crippen LogP contribution is -2.19. The molecule has 0 aliphatic carbocycles. The molecular weight excluding hydrogens is 215 g/mol. The highest BCUT2D eigenvalue weighted by molar-refractivity contribution is 7.80. The fourth-order valence-corrected chi connectivity index (χ4v) is 1.19. The summed E-state index contributed by atoms with van der Waals surface area (Å²) in [5.41, 5.74) is 5.88. The molecule has 1 aromatic carbocycles. The maximum atomic E-state index is 5.83. The van der Waals surface area contributed by atoms with Gasteiger partial charge in [-0.3, -0.25) is 0 Å². The summed E-state index contributed by atoms with van der Waals surface area (Å²) in [7, 11) is 0. The number of nitrogens with two attached hydrogens (primary N) is 1. The van der Waals surface area contributed by atoms with E-state index in [2.05, 4.69) is 17.5 Å². The van der Waals surface area contributed by atoms with Crippen molar-refractivity contribution in [2.45, 2.75) is 0 Å². The third-order valence-corrected chi connectivity index (χ3v) is 2.13. The van der Waals surface area contributed by atoms with E-state index >= 15 is 0 Å². The number of benzene rings is 1. The van der Waals surface area contributed by atoms with Gasteiger partial charge < -0.3 is 11.1 Å². The lowest BCUT2D eigenvalue weighted by Gasteiger charge is -2.06. The molecule has 0 bridgehead atoms. The molecule has 3 N–H and O–H groups in total. The lowest BCUT2D eigenvalue weighted by atomic mass is 10.3. The normalized spacial score (nSPS) is 9.50. The average molecular weight is 221 g/mol. The van der Waals surface area contributed by atoms with Gasteiger partial charge in [-0.1, -0.05) is 29.3 Å². The van der Waals surface area contributed by atoms with Crippen LogP contribution in [-0.4, -0.2) is 5.11 Å². The quantitative estimate of drug-likeness (QED) is 0.716. The zero-order valence-electron chi connectivity index (χ0n) is 5.97. The van der Waals surface area contributed by atoms with Gasteiger partial charge in [-0.2, -0.15) is 0 Å². The number of hydrogen-bond donors (Lipinski definition) is 2. The fourth-order valence-electron chi connectivity index (χ4n) is 0.733. The van der Waals surface area contributed by atoms with Crippen LogP contribution >= 0.6 is 35.4 Å². The molecule has 1 rings (SSSR count). The topological polar surface area (TPSA) is 38.0 Å². The van der Waals surface area contributed by atoms with Crippen molar-refractivity contribution in [1.29, 1.82) is 0 Å². The van der Waals surface area contributed by atoms with Gasteiger partial charge in [-0.05, 0) is 24.4 Å². The van der Waals surface area contributed by atoms with E-state index in [1.54, 1.807) is 18.2 Å². The third-order valence-electron chi connectivity index (χ3n) is 1.21. The van der Waals surface area contributed by atoms with E-state index in [-0.39, 0.29) is 5.11 Å². The fraction of sp³-hybridized carbons (Fsp3) is 0. The largest absolute Gasteiger partial charge is 0.376 e. The monoisotopic (exact) mass is 220 g/mol. The Morgan fingerprint density at radius 1 is 1.42 bits per heavy atom. The van der Waals surface area contributed by atoms with Crippen LogP contribution in [-0.2, 0) is 0 Å². The van der Waals surface area contributed by atoms with Gasteiger partial charge >= 0.3 is 0 Å². The van der Waals surface area contributed by atoms with Crippen molar-refractivity contribution in [3.63, 3.8) is 0 Å². The minimum Gasteiger partial charge on any atom is -0.376 e. The zero-order valence-corrected chi connectivity index (χ0v) is 8.30. The molecule has 0 aliphatic heterocycles. The first-order valence-electron chi connectivity index (χ1n) is 3.11. The minimum absolute atomic E-state index is 0.166. The van der Waals surface area contributed by atoms with Crippen molar-refractivity contribution < 1.29 is 0 Å². The Bertz CT molecular complexity index is 314. The number of halogens is 2. The molecule has 0 atom stereocenters. The Morgan fingerprint density at radius 3 is 2.67 bits per heavy atom. The van der Waals surface area contributed by atoms with Gasteiger partial charge in [-0.25, -0.2) is 0 Å². The molecule has 0 radical (unpaired) electrons. The first-order chi connectivity index (χ1) is 5.61. The molecule has 0 saturated carbocycles. The smallest absolute Gasteiger partial charge is 0.168 e. The van der Waals surface area contributed by atoms with Crippen molar-refractivity contribution in [3.05, 3.63) is 28.2 Å². The molecule has 0 spiro atoms. The standard InChI is InChI=1S/C7H6Cl2N2S/c8-4-2-1-3-5(6(4)9)11-7(10)12/h1-3H,(H3,10,11,12). The molecule has 0 unspecified atom stereocenters. The van der Waals surface area contributed by atoms with Crippen LogP contribution in [0.25, 0.3) is 0 Å². The molecule has 0 aromatic heterocycles. The zero-order chi connectivity index (χ0) is 9.14. The lowest BCUT2D eigenvalue weighted by molar-refractivity contribution is 1.61. The predicted molar refractivity (Wildman–Crippen MR) is 56.9 cm³/mol. The van der Waals surface area contributed by atoms with Gasteiger partial charge in [0.15, 0.2) is 5.11 Å². The highest BCUT2D eigenvalue weighted by atomic mass is 35.5. The molecule has 2 nitrogen and oxygen atoms in total. The van der Waals surface area contributed by atoms with E-state index in [9.17, 15) is 0 Å². The summed E-state index contributed by atoms with van der Waals surface area (Å²) in [6.45, 7) is 0. The Morgan fingerprint density at radius 2 is 2.08 bits per heavy atom. The summed E-state index contributed by atoms with van der Waals surface area (Å²) in [5, 5.41) is 3.77. The van der Waals surface area contributed by atoms with Crippen LogP contribution in [0.2, 0.25) is 10.0 Å². The van der Waals surface area contributed by atoms with Crippen LogP contribution in [0.1, 0.15) is 0 Å². The number of thiocarbonyl (C=S) groups is 1. The van der Waals surface area contributed by atoms with E-state index in [1.165, 1.54) is 0 Å². The highest BCUT2D eigenvalue weighted by Crippen LogP contribution is 2.29. The van der Waals surface area contributed by atoms with Crippen LogP contribution in [0.15, 0.2) is 18.2 Å². The molecule has 1 aromatic rings. The Balaban J connectivity index is 3.00. The summed E-state index contributed by atoms with van der Waals surface area (Å²) in [5.74, 6) is 0. The van der Waals surface area contributed by atoms with Gasteiger partial charge in [0.25, 0.3) is 0 Å². The van der Waals surface area contributed by atoms with E-state index in [0.717, 1.165) is 0 Å². The Hall–Kier alpha value is -0.510. The highest BCUT2D eigenvalue weighted by Gasteiger charge is 2.03. The second-order valence-electron chi connectivity index (χ2n) is 2.09. The summed E-state index contributed by atoms with van der Waals surface area (Å²) in [6.07, 6.45) is 0. The number of hydrogen-bond acceptors (Lipinski definition) is 1. The third kappa shape index (κ3) is 2.24. The van der Waals surface area contributed by atoms with Crippen LogP contribution in [0.5, 0.6) is 0 Å². The van der Waals surface area contributed by atoms with Crippen molar-refractivity contribution in [2.24, 2.45) is 5.73 Å². The Kier molecular flexibility index (Phi) is 3.14. The summed E-state index contributed by atoms with van der Waals surface area (Å²) < 4.78 is 0. The van der Waals surface area contributed by atoms with Gasteiger partial charge in [0, 0.05) is 0 Å². The number of nitrogens with one attached hydrogen (secondary N) is 1. The maximum Gasteiger partial charge on any atom is 0.168 e. The summed E-state index contributed by atoms with van der Waals surface area (Å²) >= 11 is 16.2. The molecule has 12 heavy (non-hydrogen) atoms. The van der Waals surface area contributed by atoms with E-state index in [0.29, 0.717) is 15.7 Å². The maximum absolute atomic E-state index is 5.83. The van der Waals surface area contributed by atoms with E-state index < -0.39 is 0 Å². The average Bonchev–Trinajstić information content (AvgIpc) is 1.98. The number of anilines is 1. The molecular formula is C7H6Cl2N2S. The van der Waals surface area contributed by atoms with Crippen molar-refractivity contribution in [3.8, 4) is 0 Å². The minimum atomic E-state index is 0.166. The first kappa shape index (κ1) is 9.58. The molecule has 0 amide bonds. The first-order valence-corrected chi connectivity index (χ1v) is 4.28. The molecule has 64 valence electrons. The van der Waals surface area contributed by atoms with Crippen LogP contribution in [0.3, 0.4) is 0 Å². The van der Waals surface area contributed by atoms with Crippen molar-refractivity contribution in [2.75, 3.05) is 5.32 Å². The molecule has 0 aliphatic rings. The SMILES string of the molecule is NC(=S)Nc1cccc(Cl)c1Cl. The van der Waals surface area contributed by atoms with Crippen molar-refractivity contribution >= 4 is 46.2 Å². The summed E-state index contributed by atoms with van der Waals surface area (Å²) in [4.78, 5) is 0. The molecule has 0 heterocycles. The molecule has 0 saturated heterocycles. The van der Waals surface area contributed by atoms with Crippen molar-refractivity contribution in [1.82, 2.24) is 0 Å².